The summed E-state index contributed by atoms with van der Waals surface area (Å²) in [5, 5.41) is 0.752. The van der Waals surface area contributed by atoms with Crippen molar-refractivity contribution in [3.05, 3.63) is 0 Å². The van der Waals surface area contributed by atoms with Crippen molar-refractivity contribution in [1.29, 1.82) is 0 Å². The number of hydrogen-bond donors (Lipinski definition) is 0. The molecule has 2 fully saturated rings. The van der Waals surface area contributed by atoms with E-state index in [2.05, 4.69) is 15.9 Å². The van der Waals surface area contributed by atoms with E-state index in [0.29, 0.717) is 13.2 Å². The van der Waals surface area contributed by atoms with Gasteiger partial charge < -0.3 is 9.47 Å². The number of morpholine rings is 1. The fraction of sp³-hybridized carbons (Fsp3) is 0.929. The third kappa shape index (κ3) is 3.43. The van der Waals surface area contributed by atoms with Crippen LogP contribution >= 0.6 is 15.9 Å². The van der Waals surface area contributed by atoms with Gasteiger partial charge in [0.05, 0.1) is 24.8 Å². The second-order valence-corrected chi connectivity index (χ2v) is 7.26. The molecule has 2 rings (SSSR count). The molecule has 0 radical (unpaired) electrons. The molecular formula is C14H24BrNO3. The minimum absolute atomic E-state index is 0.0683. The standard InChI is InChI=1S/C14H24BrNO3/c1-13(2,3)19-12(17)16-9-11(8-15)18-10-14(16)6-4-5-7-14/h11H,4-10H2,1-3H3. The Bertz CT molecular complexity index is 334. The fourth-order valence-corrected chi connectivity index (χ4v) is 3.32. The molecule has 0 aromatic rings. The van der Waals surface area contributed by atoms with E-state index in [-0.39, 0.29) is 17.7 Å². The molecule has 1 heterocycles. The highest BCUT2D eigenvalue weighted by Gasteiger charge is 2.47. The van der Waals surface area contributed by atoms with E-state index >= 15 is 0 Å². The van der Waals surface area contributed by atoms with Crippen molar-refractivity contribution in [3.63, 3.8) is 0 Å². The van der Waals surface area contributed by atoms with Gasteiger partial charge in [-0.1, -0.05) is 28.8 Å². The van der Waals surface area contributed by atoms with Crippen molar-refractivity contribution >= 4 is 22.0 Å². The predicted octanol–water partition coefficient (Wildman–Crippen LogP) is 3.33. The van der Waals surface area contributed by atoms with Gasteiger partial charge in [0.25, 0.3) is 0 Å². The summed E-state index contributed by atoms with van der Waals surface area (Å²) in [6.07, 6.45) is 4.27. The Morgan fingerprint density at radius 2 is 2.05 bits per heavy atom. The van der Waals surface area contributed by atoms with Crippen LogP contribution in [0, 0.1) is 0 Å². The van der Waals surface area contributed by atoms with Gasteiger partial charge in [-0.3, -0.25) is 4.90 Å². The van der Waals surface area contributed by atoms with Gasteiger partial charge in [-0.15, -0.1) is 0 Å². The zero-order valence-electron chi connectivity index (χ0n) is 12.1. The maximum Gasteiger partial charge on any atom is 0.410 e. The van der Waals surface area contributed by atoms with E-state index in [1.807, 2.05) is 25.7 Å². The molecule has 1 unspecified atom stereocenters. The average Bonchev–Trinajstić information content (AvgIpc) is 2.76. The second kappa shape index (κ2) is 5.60. The number of carbonyl (C=O) groups is 1. The van der Waals surface area contributed by atoms with E-state index in [4.69, 9.17) is 9.47 Å². The van der Waals surface area contributed by atoms with Gasteiger partial charge >= 0.3 is 6.09 Å². The van der Waals surface area contributed by atoms with Crippen molar-refractivity contribution in [2.24, 2.45) is 0 Å². The van der Waals surface area contributed by atoms with Crippen LogP contribution in [-0.4, -0.2) is 46.7 Å². The van der Waals surface area contributed by atoms with E-state index in [1.165, 1.54) is 12.8 Å². The van der Waals surface area contributed by atoms with Gasteiger partial charge in [0, 0.05) is 5.33 Å². The van der Waals surface area contributed by atoms with Gasteiger partial charge in [0.15, 0.2) is 0 Å². The van der Waals surface area contributed by atoms with E-state index in [1.54, 1.807) is 0 Å². The Balaban J connectivity index is 2.13. The lowest BCUT2D eigenvalue weighted by Crippen LogP contribution is -2.61. The van der Waals surface area contributed by atoms with Crippen LogP contribution < -0.4 is 0 Å². The minimum Gasteiger partial charge on any atom is -0.444 e. The quantitative estimate of drug-likeness (QED) is 0.691. The normalized spacial score (nSPS) is 26.7. The van der Waals surface area contributed by atoms with Crippen LogP contribution in [0.15, 0.2) is 0 Å². The van der Waals surface area contributed by atoms with Crippen LogP contribution in [-0.2, 0) is 9.47 Å². The molecule has 1 aliphatic carbocycles. The molecule has 1 spiro atoms. The molecule has 19 heavy (non-hydrogen) atoms. The molecule has 110 valence electrons. The molecule has 0 aromatic carbocycles. The van der Waals surface area contributed by atoms with Crippen LogP contribution in [0.4, 0.5) is 4.79 Å². The Morgan fingerprint density at radius 3 is 2.58 bits per heavy atom. The zero-order valence-corrected chi connectivity index (χ0v) is 13.7. The number of rotatable bonds is 1. The Kier molecular flexibility index (Phi) is 4.45. The number of ether oxygens (including phenoxy) is 2. The lowest BCUT2D eigenvalue weighted by Gasteiger charge is -2.47. The van der Waals surface area contributed by atoms with Crippen molar-refractivity contribution < 1.29 is 14.3 Å². The van der Waals surface area contributed by atoms with Crippen molar-refractivity contribution in [2.75, 3.05) is 18.5 Å². The first kappa shape index (κ1) is 15.1. The average molecular weight is 334 g/mol. The number of halogens is 1. The smallest absolute Gasteiger partial charge is 0.410 e. The lowest BCUT2D eigenvalue weighted by molar-refractivity contribution is -0.101. The van der Waals surface area contributed by atoms with Gasteiger partial charge in [-0.2, -0.15) is 0 Å². The summed E-state index contributed by atoms with van der Waals surface area (Å²) in [6.45, 7) is 7.00. The van der Waals surface area contributed by atoms with Gasteiger partial charge in [0.1, 0.15) is 5.60 Å². The molecule has 0 aromatic heterocycles. The largest absolute Gasteiger partial charge is 0.444 e. The zero-order chi connectivity index (χ0) is 14.1. The monoisotopic (exact) mass is 333 g/mol. The molecule has 0 bridgehead atoms. The van der Waals surface area contributed by atoms with Crippen molar-refractivity contribution in [3.8, 4) is 0 Å². The number of carbonyl (C=O) groups excluding carboxylic acids is 1. The molecule has 1 saturated carbocycles. The highest BCUT2D eigenvalue weighted by Crippen LogP contribution is 2.39. The molecule has 1 saturated heterocycles. The van der Waals surface area contributed by atoms with E-state index < -0.39 is 5.60 Å². The summed E-state index contributed by atoms with van der Waals surface area (Å²) < 4.78 is 11.5. The molecule has 1 amide bonds. The molecule has 0 N–H and O–H groups in total. The van der Waals surface area contributed by atoms with Gasteiger partial charge in [-0.25, -0.2) is 4.79 Å². The van der Waals surface area contributed by atoms with Crippen LogP contribution in [0.3, 0.4) is 0 Å². The van der Waals surface area contributed by atoms with Crippen LogP contribution in [0.25, 0.3) is 0 Å². The maximum absolute atomic E-state index is 12.5. The predicted molar refractivity (Wildman–Crippen MR) is 77.7 cm³/mol. The molecule has 1 atom stereocenters. The van der Waals surface area contributed by atoms with E-state index in [0.717, 1.165) is 18.2 Å². The molecule has 4 nitrogen and oxygen atoms in total. The number of amides is 1. The highest BCUT2D eigenvalue weighted by atomic mass is 79.9. The third-order valence-electron chi connectivity index (χ3n) is 3.87. The summed E-state index contributed by atoms with van der Waals surface area (Å²) in [7, 11) is 0. The van der Waals surface area contributed by atoms with Crippen molar-refractivity contribution in [1.82, 2.24) is 4.90 Å². The van der Waals surface area contributed by atoms with Gasteiger partial charge in [0.2, 0.25) is 0 Å². The third-order valence-corrected chi connectivity index (χ3v) is 4.59. The molecular weight excluding hydrogens is 310 g/mol. The van der Waals surface area contributed by atoms with Crippen LogP contribution in [0.1, 0.15) is 46.5 Å². The molecule has 5 heteroatoms. The van der Waals surface area contributed by atoms with Gasteiger partial charge in [-0.05, 0) is 33.6 Å². The number of hydrogen-bond acceptors (Lipinski definition) is 3. The first-order valence-electron chi connectivity index (χ1n) is 7.04. The second-order valence-electron chi connectivity index (χ2n) is 6.61. The minimum atomic E-state index is -0.445. The topological polar surface area (TPSA) is 38.8 Å². The van der Waals surface area contributed by atoms with Crippen molar-refractivity contribution in [2.45, 2.75) is 63.7 Å². The molecule has 1 aliphatic heterocycles. The molecule has 2 aliphatic rings. The summed E-state index contributed by atoms with van der Waals surface area (Å²) in [5.74, 6) is 0. The maximum atomic E-state index is 12.5. The number of alkyl halides is 1. The van der Waals surface area contributed by atoms with Crippen LogP contribution in [0.2, 0.25) is 0 Å². The Hall–Kier alpha value is -0.290. The number of nitrogens with zero attached hydrogens (tertiary/aromatic N) is 1. The first-order chi connectivity index (χ1) is 8.86. The Labute approximate surface area is 123 Å². The fourth-order valence-electron chi connectivity index (χ4n) is 2.93. The highest BCUT2D eigenvalue weighted by molar-refractivity contribution is 9.09. The Morgan fingerprint density at radius 1 is 1.42 bits per heavy atom. The summed E-state index contributed by atoms with van der Waals surface area (Å²) in [4.78, 5) is 14.4. The van der Waals surface area contributed by atoms with Crippen LogP contribution in [0.5, 0.6) is 0 Å². The first-order valence-corrected chi connectivity index (χ1v) is 8.17. The summed E-state index contributed by atoms with van der Waals surface area (Å²) in [6, 6.07) is 0. The SMILES string of the molecule is CC(C)(C)OC(=O)N1CC(CBr)OCC12CCCC2. The summed E-state index contributed by atoms with van der Waals surface area (Å²) in [5.41, 5.74) is -0.569. The summed E-state index contributed by atoms with van der Waals surface area (Å²) >= 11 is 3.44. The van der Waals surface area contributed by atoms with E-state index in [9.17, 15) is 4.79 Å². The lowest BCUT2D eigenvalue weighted by atomic mass is 9.94.